The van der Waals surface area contributed by atoms with E-state index in [1.165, 1.54) is 6.42 Å². The second-order valence-corrected chi connectivity index (χ2v) is 6.14. The maximum absolute atomic E-state index is 12.7. The van der Waals surface area contributed by atoms with Crippen LogP contribution in [0.25, 0.3) is 0 Å². The molecule has 1 heterocycles. The molecule has 1 saturated heterocycles. The largest absolute Gasteiger partial charge is 0.376 e. The van der Waals surface area contributed by atoms with Crippen molar-refractivity contribution in [1.29, 1.82) is 0 Å². The third kappa shape index (κ3) is 4.47. The molecule has 7 nitrogen and oxygen atoms in total. The van der Waals surface area contributed by atoms with Crippen LogP contribution in [0.4, 0.5) is 10.5 Å². The predicted octanol–water partition coefficient (Wildman–Crippen LogP) is 1.62. The normalized spacial score (nSPS) is 17.2. The highest BCUT2D eigenvalue weighted by Crippen LogP contribution is 2.22. The van der Waals surface area contributed by atoms with Gasteiger partial charge in [0.25, 0.3) is 5.91 Å². The Kier molecular flexibility index (Phi) is 5.78. The SMILES string of the molecule is Cc1cc(C(=O)N2CCCCC2C)ccc1NCC(=O)NC(N)=O. The van der Waals surface area contributed by atoms with Crippen molar-refractivity contribution >= 4 is 23.5 Å². The number of primary amides is 1. The quantitative estimate of drug-likeness (QED) is 0.779. The van der Waals surface area contributed by atoms with E-state index in [-0.39, 0.29) is 18.5 Å². The molecule has 1 unspecified atom stereocenters. The number of nitrogens with two attached hydrogens (primary N) is 1. The lowest BCUT2D eigenvalue weighted by atomic mass is 10.0. The van der Waals surface area contributed by atoms with Gasteiger partial charge >= 0.3 is 6.03 Å². The van der Waals surface area contributed by atoms with Crippen molar-refractivity contribution < 1.29 is 14.4 Å². The number of aryl methyl sites for hydroxylation is 1. The van der Waals surface area contributed by atoms with Crippen LogP contribution in [0, 0.1) is 6.92 Å². The Labute approximate surface area is 141 Å². The number of hydrogen-bond acceptors (Lipinski definition) is 4. The van der Waals surface area contributed by atoms with Crippen LogP contribution < -0.4 is 16.4 Å². The van der Waals surface area contributed by atoms with Crippen molar-refractivity contribution in [3.8, 4) is 0 Å². The van der Waals surface area contributed by atoms with Gasteiger partial charge in [-0.25, -0.2) is 4.79 Å². The minimum absolute atomic E-state index is 0.0447. The number of anilines is 1. The van der Waals surface area contributed by atoms with E-state index in [0.717, 1.165) is 30.6 Å². The van der Waals surface area contributed by atoms with Gasteiger partial charge < -0.3 is 16.0 Å². The number of rotatable bonds is 4. The molecule has 0 bridgehead atoms. The standard InChI is InChI=1S/C17H24N4O3/c1-11-9-13(16(23)21-8-4-3-5-12(21)2)6-7-14(11)19-10-15(22)20-17(18)24/h6-7,9,12,19H,3-5,8,10H2,1-2H3,(H3,18,20,22,24). The first-order chi connectivity index (χ1) is 11.4. The van der Waals surface area contributed by atoms with E-state index in [4.69, 9.17) is 5.73 Å². The summed E-state index contributed by atoms with van der Waals surface area (Å²) in [5, 5.41) is 4.91. The molecule has 1 aliphatic rings. The molecule has 4 amide bonds. The number of hydrogen-bond donors (Lipinski definition) is 3. The van der Waals surface area contributed by atoms with Gasteiger partial charge in [0.1, 0.15) is 0 Å². The van der Waals surface area contributed by atoms with Gasteiger partial charge in [-0.15, -0.1) is 0 Å². The zero-order valence-electron chi connectivity index (χ0n) is 14.1. The molecule has 1 atom stereocenters. The van der Waals surface area contributed by atoms with E-state index < -0.39 is 11.9 Å². The molecule has 0 radical (unpaired) electrons. The minimum Gasteiger partial charge on any atom is -0.376 e. The highest BCUT2D eigenvalue weighted by Gasteiger charge is 2.24. The summed E-state index contributed by atoms with van der Waals surface area (Å²) in [6.45, 7) is 4.68. The summed E-state index contributed by atoms with van der Waals surface area (Å²) >= 11 is 0. The van der Waals surface area contributed by atoms with Gasteiger partial charge in [0.2, 0.25) is 5.91 Å². The van der Waals surface area contributed by atoms with Crippen molar-refractivity contribution in [2.45, 2.75) is 39.2 Å². The summed E-state index contributed by atoms with van der Waals surface area (Å²) in [5.41, 5.74) is 7.13. The van der Waals surface area contributed by atoms with Crippen LogP contribution in [0.2, 0.25) is 0 Å². The van der Waals surface area contributed by atoms with Crippen LogP contribution in [-0.4, -0.2) is 41.9 Å². The Hall–Kier alpha value is -2.57. The fourth-order valence-corrected chi connectivity index (χ4v) is 2.92. The highest BCUT2D eigenvalue weighted by atomic mass is 16.2. The monoisotopic (exact) mass is 332 g/mol. The van der Waals surface area contributed by atoms with Crippen LogP contribution in [-0.2, 0) is 4.79 Å². The highest BCUT2D eigenvalue weighted by molar-refractivity contribution is 5.96. The number of likely N-dealkylation sites (tertiary alicyclic amines) is 1. The lowest BCUT2D eigenvalue weighted by Crippen LogP contribution is -2.42. The van der Waals surface area contributed by atoms with Crippen LogP contribution in [0.3, 0.4) is 0 Å². The van der Waals surface area contributed by atoms with E-state index >= 15 is 0 Å². The molecular formula is C17H24N4O3. The molecule has 24 heavy (non-hydrogen) atoms. The summed E-state index contributed by atoms with van der Waals surface area (Å²) in [4.78, 5) is 36.6. The van der Waals surface area contributed by atoms with Crippen molar-refractivity contribution in [2.24, 2.45) is 5.73 Å². The van der Waals surface area contributed by atoms with Crippen LogP contribution in [0.1, 0.15) is 42.1 Å². The second-order valence-electron chi connectivity index (χ2n) is 6.14. The number of carbonyl (C=O) groups is 3. The maximum atomic E-state index is 12.7. The van der Waals surface area contributed by atoms with Gasteiger partial charge in [-0.2, -0.15) is 0 Å². The Morgan fingerprint density at radius 3 is 2.67 bits per heavy atom. The molecule has 0 saturated carbocycles. The minimum atomic E-state index is -0.880. The topological polar surface area (TPSA) is 105 Å². The lowest BCUT2D eigenvalue weighted by Gasteiger charge is -2.33. The number of urea groups is 1. The molecule has 0 spiro atoms. The lowest BCUT2D eigenvalue weighted by molar-refractivity contribution is -0.118. The van der Waals surface area contributed by atoms with Crippen LogP contribution >= 0.6 is 0 Å². The third-order valence-corrected chi connectivity index (χ3v) is 4.24. The number of benzene rings is 1. The molecule has 1 fully saturated rings. The van der Waals surface area contributed by atoms with E-state index in [9.17, 15) is 14.4 Å². The van der Waals surface area contributed by atoms with Gasteiger partial charge in [-0.1, -0.05) is 0 Å². The molecule has 7 heteroatoms. The summed E-state index contributed by atoms with van der Waals surface area (Å²) < 4.78 is 0. The first-order valence-corrected chi connectivity index (χ1v) is 8.13. The average molecular weight is 332 g/mol. The van der Waals surface area contributed by atoms with Crippen LogP contribution in [0.5, 0.6) is 0 Å². The molecule has 2 rings (SSSR count). The Morgan fingerprint density at radius 2 is 2.04 bits per heavy atom. The molecular weight excluding hydrogens is 308 g/mol. The summed E-state index contributed by atoms with van der Waals surface area (Å²) in [5.74, 6) is -0.465. The predicted molar refractivity (Wildman–Crippen MR) is 91.7 cm³/mol. The van der Waals surface area contributed by atoms with Gasteiger partial charge in [-0.05, 0) is 56.9 Å². The Bertz CT molecular complexity index is 645. The Morgan fingerprint density at radius 1 is 1.29 bits per heavy atom. The van der Waals surface area contributed by atoms with Crippen molar-refractivity contribution in [3.63, 3.8) is 0 Å². The fraction of sp³-hybridized carbons (Fsp3) is 0.471. The molecule has 0 aromatic heterocycles. The van der Waals surface area contributed by atoms with Crippen molar-refractivity contribution in [2.75, 3.05) is 18.4 Å². The van der Waals surface area contributed by atoms with E-state index in [2.05, 4.69) is 12.2 Å². The molecule has 1 aliphatic heterocycles. The van der Waals surface area contributed by atoms with Gasteiger partial charge in [0, 0.05) is 23.8 Å². The van der Waals surface area contributed by atoms with E-state index in [1.807, 2.05) is 23.2 Å². The number of nitrogens with one attached hydrogen (secondary N) is 2. The third-order valence-electron chi connectivity index (χ3n) is 4.24. The van der Waals surface area contributed by atoms with Crippen molar-refractivity contribution in [1.82, 2.24) is 10.2 Å². The first-order valence-electron chi connectivity index (χ1n) is 8.13. The number of amides is 4. The molecule has 130 valence electrons. The smallest absolute Gasteiger partial charge is 0.318 e. The number of imide groups is 1. The summed E-state index contributed by atoms with van der Waals surface area (Å²) in [6.07, 6.45) is 3.25. The van der Waals surface area contributed by atoms with Crippen molar-refractivity contribution in [3.05, 3.63) is 29.3 Å². The zero-order chi connectivity index (χ0) is 17.7. The fourth-order valence-electron chi connectivity index (χ4n) is 2.92. The molecule has 4 N–H and O–H groups in total. The first kappa shape index (κ1) is 17.8. The molecule has 1 aromatic carbocycles. The molecule has 0 aliphatic carbocycles. The van der Waals surface area contributed by atoms with Gasteiger partial charge in [0.15, 0.2) is 0 Å². The average Bonchev–Trinajstić information content (AvgIpc) is 2.53. The van der Waals surface area contributed by atoms with Crippen LogP contribution in [0.15, 0.2) is 18.2 Å². The van der Waals surface area contributed by atoms with E-state index in [0.29, 0.717) is 5.56 Å². The second kappa shape index (κ2) is 7.81. The maximum Gasteiger partial charge on any atom is 0.318 e. The number of carbonyl (C=O) groups excluding carboxylic acids is 3. The molecule has 1 aromatic rings. The zero-order valence-corrected chi connectivity index (χ0v) is 14.1. The summed E-state index contributed by atoms with van der Waals surface area (Å²) in [7, 11) is 0. The van der Waals surface area contributed by atoms with E-state index in [1.54, 1.807) is 12.1 Å². The van der Waals surface area contributed by atoms with Gasteiger partial charge in [0.05, 0.1) is 6.54 Å². The number of piperidine rings is 1. The van der Waals surface area contributed by atoms with Gasteiger partial charge in [-0.3, -0.25) is 14.9 Å². The number of nitrogens with zero attached hydrogens (tertiary/aromatic N) is 1. The Balaban J connectivity index is 2.02. The summed E-state index contributed by atoms with van der Waals surface area (Å²) in [6, 6.07) is 4.73.